The van der Waals surface area contributed by atoms with Crippen LogP contribution in [0.4, 0.5) is 0 Å². The molecule has 3 nitrogen and oxygen atoms in total. The van der Waals surface area contributed by atoms with Gasteiger partial charge in [0.2, 0.25) is 5.91 Å². The number of amides is 1. The first-order chi connectivity index (χ1) is 5.08. The Hall–Kier alpha value is -0.860. The predicted molar refractivity (Wildman–Crippen MR) is 43.5 cm³/mol. The minimum absolute atomic E-state index is 0.00838. The lowest BCUT2D eigenvalue weighted by Gasteiger charge is -2.19. The Morgan fingerprint density at radius 1 is 1.73 bits per heavy atom. The Morgan fingerprint density at radius 2 is 2.36 bits per heavy atom. The Labute approximate surface area is 66.7 Å². The largest absolute Gasteiger partial charge is 0.314 e. The Morgan fingerprint density at radius 3 is 2.73 bits per heavy atom. The van der Waals surface area contributed by atoms with E-state index in [1.54, 1.807) is 0 Å². The summed E-state index contributed by atoms with van der Waals surface area (Å²) in [7, 11) is 0. The molecule has 1 unspecified atom stereocenters. The first kappa shape index (κ1) is 8.24. The molecule has 1 heterocycles. The van der Waals surface area contributed by atoms with Crippen molar-refractivity contribution in [3.63, 3.8) is 0 Å². The molecule has 0 radical (unpaired) electrons. The van der Waals surface area contributed by atoms with Gasteiger partial charge >= 0.3 is 0 Å². The van der Waals surface area contributed by atoms with Crippen molar-refractivity contribution < 1.29 is 4.79 Å². The predicted octanol–water partition coefficient (Wildman–Crippen LogP) is 1.29. The molecule has 0 saturated carbocycles. The zero-order valence-corrected chi connectivity index (χ0v) is 7.03. The van der Waals surface area contributed by atoms with Crippen LogP contribution >= 0.6 is 0 Å². The van der Waals surface area contributed by atoms with Gasteiger partial charge in [0.05, 0.1) is 0 Å². The van der Waals surface area contributed by atoms with Gasteiger partial charge in [0.1, 0.15) is 5.84 Å². The number of carbonyl (C=O) groups excluding carboxylic acids is 1. The van der Waals surface area contributed by atoms with Crippen LogP contribution in [0.3, 0.4) is 0 Å². The van der Waals surface area contributed by atoms with Gasteiger partial charge in [0.25, 0.3) is 0 Å². The summed E-state index contributed by atoms with van der Waals surface area (Å²) >= 11 is 0. The van der Waals surface area contributed by atoms with E-state index in [2.05, 4.69) is 12.2 Å². The standard InChI is InChI=1S/C8H14N2O/c1-3-4-8(2)5-6(11)10-7(8)9/h3-5H2,1-2H3,(H2,9,10,11). The van der Waals surface area contributed by atoms with Gasteiger partial charge in [0, 0.05) is 11.8 Å². The molecule has 1 saturated heterocycles. The first-order valence-corrected chi connectivity index (χ1v) is 3.97. The Balaban J connectivity index is 2.70. The smallest absolute Gasteiger partial charge is 0.226 e. The van der Waals surface area contributed by atoms with E-state index in [0.29, 0.717) is 12.3 Å². The minimum Gasteiger partial charge on any atom is -0.314 e. The van der Waals surface area contributed by atoms with Crippen LogP contribution in [0.5, 0.6) is 0 Å². The average Bonchev–Trinajstić information content (AvgIpc) is 2.08. The van der Waals surface area contributed by atoms with E-state index in [1.165, 1.54) is 0 Å². The minimum atomic E-state index is -0.203. The van der Waals surface area contributed by atoms with Gasteiger partial charge in [-0.3, -0.25) is 10.2 Å². The molecule has 0 aromatic carbocycles. The molecule has 3 heteroatoms. The molecule has 0 aliphatic carbocycles. The molecule has 0 aromatic rings. The molecule has 1 fully saturated rings. The van der Waals surface area contributed by atoms with Crippen molar-refractivity contribution in [1.82, 2.24) is 5.32 Å². The SMILES string of the molecule is CCCC1(C)CC(=O)NC1=N. The lowest BCUT2D eigenvalue weighted by atomic mass is 9.84. The van der Waals surface area contributed by atoms with Gasteiger partial charge in [-0.05, 0) is 6.42 Å². The average molecular weight is 154 g/mol. The van der Waals surface area contributed by atoms with Gasteiger partial charge in [-0.15, -0.1) is 0 Å². The van der Waals surface area contributed by atoms with E-state index in [9.17, 15) is 4.79 Å². The maximum absolute atomic E-state index is 10.9. The van der Waals surface area contributed by atoms with Gasteiger partial charge < -0.3 is 5.32 Å². The molecule has 1 amide bonds. The molecule has 0 spiro atoms. The molecule has 1 aliphatic heterocycles. The number of nitrogens with one attached hydrogen (secondary N) is 2. The summed E-state index contributed by atoms with van der Waals surface area (Å²) in [5.41, 5.74) is -0.203. The summed E-state index contributed by atoms with van der Waals surface area (Å²) in [6.07, 6.45) is 2.43. The summed E-state index contributed by atoms with van der Waals surface area (Å²) in [5.74, 6) is 0.385. The number of hydrogen-bond donors (Lipinski definition) is 2. The summed E-state index contributed by atoms with van der Waals surface area (Å²) < 4.78 is 0. The molecule has 1 atom stereocenters. The molecule has 0 bridgehead atoms. The monoisotopic (exact) mass is 154 g/mol. The third-order valence-corrected chi connectivity index (χ3v) is 2.22. The van der Waals surface area contributed by atoms with Gasteiger partial charge in [-0.1, -0.05) is 20.3 Å². The lowest BCUT2D eigenvalue weighted by molar-refractivity contribution is -0.119. The number of amidine groups is 1. The normalized spacial score (nSPS) is 30.7. The van der Waals surface area contributed by atoms with Crippen LogP contribution in [0.2, 0.25) is 0 Å². The maximum atomic E-state index is 10.9. The fourth-order valence-electron chi connectivity index (χ4n) is 1.54. The highest BCUT2D eigenvalue weighted by molar-refractivity contribution is 6.06. The maximum Gasteiger partial charge on any atom is 0.226 e. The summed E-state index contributed by atoms with van der Waals surface area (Å²) in [4.78, 5) is 10.9. The second-order valence-corrected chi connectivity index (χ2v) is 3.41. The summed E-state index contributed by atoms with van der Waals surface area (Å²) in [5, 5.41) is 10.0. The number of carbonyl (C=O) groups is 1. The molecule has 11 heavy (non-hydrogen) atoms. The van der Waals surface area contributed by atoms with E-state index >= 15 is 0 Å². The van der Waals surface area contributed by atoms with E-state index in [0.717, 1.165) is 12.8 Å². The van der Waals surface area contributed by atoms with Crippen LogP contribution in [0.1, 0.15) is 33.1 Å². The van der Waals surface area contributed by atoms with Crippen LogP contribution in [0, 0.1) is 10.8 Å². The topological polar surface area (TPSA) is 53.0 Å². The van der Waals surface area contributed by atoms with Crippen LogP contribution in [-0.2, 0) is 4.79 Å². The van der Waals surface area contributed by atoms with Crippen molar-refractivity contribution in [2.45, 2.75) is 33.1 Å². The number of rotatable bonds is 2. The zero-order chi connectivity index (χ0) is 8.48. The van der Waals surface area contributed by atoms with Crippen molar-refractivity contribution in [3.05, 3.63) is 0 Å². The molecular weight excluding hydrogens is 140 g/mol. The van der Waals surface area contributed by atoms with Gasteiger partial charge in [-0.25, -0.2) is 0 Å². The first-order valence-electron chi connectivity index (χ1n) is 3.97. The fraction of sp³-hybridized carbons (Fsp3) is 0.750. The quantitative estimate of drug-likeness (QED) is 0.618. The van der Waals surface area contributed by atoms with Crippen molar-refractivity contribution in [2.75, 3.05) is 0 Å². The zero-order valence-electron chi connectivity index (χ0n) is 7.03. The van der Waals surface area contributed by atoms with Crippen molar-refractivity contribution in [2.24, 2.45) is 5.41 Å². The van der Waals surface area contributed by atoms with Crippen molar-refractivity contribution in [3.8, 4) is 0 Å². The van der Waals surface area contributed by atoms with E-state index in [4.69, 9.17) is 5.41 Å². The molecule has 1 aliphatic rings. The molecule has 2 N–H and O–H groups in total. The Bertz CT molecular complexity index is 200. The summed E-state index contributed by atoms with van der Waals surface area (Å²) in [6, 6.07) is 0. The lowest BCUT2D eigenvalue weighted by Crippen LogP contribution is -2.27. The Kier molecular flexibility index (Phi) is 1.98. The highest BCUT2D eigenvalue weighted by Gasteiger charge is 2.38. The second-order valence-electron chi connectivity index (χ2n) is 3.41. The molecule has 1 rings (SSSR count). The summed E-state index contributed by atoms with van der Waals surface area (Å²) in [6.45, 7) is 4.04. The molecule has 62 valence electrons. The van der Waals surface area contributed by atoms with Crippen LogP contribution in [-0.4, -0.2) is 11.7 Å². The fourth-order valence-corrected chi connectivity index (χ4v) is 1.54. The van der Waals surface area contributed by atoms with Gasteiger partial charge in [-0.2, -0.15) is 0 Å². The van der Waals surface area contributed by atoms with Crippen molar-refractivity contribution in [1.29, 1.82) is 5.41 Å². The van der Waals surface area contributed by atoms with Crippen molar-refractivity contribution >= 4 is 11.7 Å². The number of hydrogen-bond acceptors (Lipinski definition) is 2. The molecule has 0 aromatic heterocycles. The van der Waals surface area contributed by atoms with E-state index < -0.39 is 0 Å². The van der Waals surface area contributed by atoms with E-state index in [1.807, 2.05) is 6.92 Å². The second kappa shape index (κ2) is 2.64. The van der Waals surface area contributed by atoms with Crippen LogP contribution in [0.15, 0.2) is 0 Å². The third kappa shape index (κ3) is 1.42. The third-order valence-electron chi connectivity index (χ3n) is 2.22. The highest BCUT2D eigenvalue weighted by Crippen LogP contribution is 2.31. The van der Waals surface area contributed by atoms with Crippen LogP contribution in [0.25, 0.3) is 0 Å². The molecular formula is C8H14N2O. The highest BCUT2D eigenvalue weighted by atomic mass is 16.2. The van der Waals surface area contributed by atoms with Gasteiger partial charge in [0.15, 0.2) is 0 Å². The van der Waals surface area contributed by atoms with Crippen LogP contribution < -0.4 is 5.32 Å². The van der Waals surface area contributed by atoms with E-state index in [-0.39, 0.29) is 11.3 Å².